The van der Waals surface area contributed by atoms with Gasteiger partial charge in [0.25, 0.3) is 0 Å². The van der Waals surface area contributed by atoms with Gasteiger partial charge in [0.05, 0.1) is 6.54 Å². The van der Waals surface area contributed by atoms with Gasteiger partial charge in [-0.3, -0.25) is 0 Å². The maximum absolute atomic E-state index is 5.47. The van der Waals surface area contributed by atoms with Crippen LogP contribution in [0.3, 0.4) is 0 Å². The molecule has 1 rings (SSSR count). The summed E-state index contributed by atoms with van der Waals surface area (Å²) in [5.41, 5.74) is 7.81. The van der Waals surface area contributed by atoms with Crippen molar-refractivity contribution in [1.29, 1.82) is 0 Å². The molecule has 4 heteroatoms. The van der Waals surface area contributed by atoms with Crippen LogP contribution in [0.15, 0.2) is 6.20 Å². The molecule has 0 aliphatic heterocycles. The quantitative estimate of drug-likeness (QED) is 0.741. The largest absolute Gasteiger partial charge is 0.412 e. The fourth-order valence-corrected chi connectivity index (χ4v) is 1.45. The Morgan fingerprint density at radius 1 is 1.33 bits per heavy atom. The second-order valence-electron chi connectivity index (χ2n) is 3.56. The van der Waals surface area contributed by atoms with Crippen LogP contribution < -0.4 is 5.73 Å². The molecule has 0 saturated heterocycles. The van der Waals surface area contributed by atoms with E-state index in [-0.39, 0.29) is 5.48 Å². The summed E-state index contributed by atoms with van der Waals surface area (Å²) in [6.45, 7) is 4.67. The summed E-state index contributed by atoms with van der Waals surface area (Å²) in [5.74, 6) is 0.738. The third-order valence-corrected chi connectivity index (χ3v) is 2.36. The van der Waals surface area contributed by atoms with E-state index in [1.165, 1.54) is 24.8 Å². The fraction of sp³-hybridized carbons (Fsp3) is 0.636. The molecule has 0 aromatic carbocycles. The molecule has 0 aliphatic carbocycles. The number of aromatic nitrogens is 2. The second-order valence-corrected chi connectivity index (χ2v) is 3.56. The van der Waals surface area contributed by atoms with Crippen molar-refractivity contribution in [3.8, 4) is 0 Å². The van der Waals surface area contributed by atoms with Crippen molar-refractivity contribution < 1.29 is 5.48 Å². The van der Waals surface area contributed by atoms with Crippen LogP contribution in [0.1, 0.15) is 43.3 Å². The molecule has 15 heavy (non-hydrogen) atoms. The first-order chi connectivity index (χ1) is 6.77. The number of nitrogens with two attached hydrogens (primary N) is 1. The first-order valence-corrected chi connectivity index (χ1v) is 5.29. The Morgan fingerprint density at radius 3 is 2.60 bits per heavy atom. The van der Waals surface area contributed by atoms with Crippen LogP contribution in [0.4, 0.5) is 0 Å². The van der Waals surface area contributed by atoms with E-state index in [0.717, 1.165) is 17.9 Å². The van der Waals surface area contributed by atoms with Crippen molar-refractivity contribution in [3.05, 3.63) is 23.3 Å². The van der Waals surface area contributed by atoms with Gasteiger partial charge in [-0.25, -0.2) is 9.97 Å². The van der Waals surface area contributed by atoms with E-state index in [2.05, 4.69) is 16.9 Å². The lowest BCUT2D eigenvalue weighted by Crippen LogP contribution is -2.06. The molecule has 1 aromatic rings. The molecule has 0 radical (unpaired) electrons. The average Bonchev–Trinajstić information content (AvgIpc) is 2.20. The van der Waals surface area contributed by atoms with Gasteiger partial charge in [0.15, 0.2) is 0 Å². The standard InChI is InChI=1S/C11H19N3.H2O/c1-3-4-5-6-10-8-13-11(7-12)14-9(10)2;/h8H,3-7,12H2,1-2H3;1H2. The van der Waals surface area contributed by atoms with Gasteiger partial charge in [-0.1, -0.05) is 19.8 Å². The zero-order chi connectivity index (χ0) is 10.4. The Bertz CT molecular complexity index is 289. The summed E-state index contributed by atoms with van der Waals surface area (Å²) in [4.78, 5) is 8.53. The second kappa shape index (κ2) is 7.31. The molecule has 86 valence electrons. The molecular weight excluding hydrogens is 190 g/mol. The number of aryl methyl sites for hydroxylation is 2. The van der Waals surface area contributed by atoms with Crippen LogP contribution >= 0.6 is 0 Å². The van der Waals surface area contributed by atoms with E-state index >= 15 is 0 Å². The van der Waals surface area contributed by atoms with Crippen LogP contribution in [-0.2, 0) is 13.0 Å². The molecule has 0 bridgehead atoms. The smallest absolute Gasteiger partial charge is 0.142 e. The van der Waals surface area contributed by atoms with Gasteiger partial charge >= 0.3 is 0 Å². The Balaban J connectivity index is 0.00000196. The van der Waals surface area contributed by atoms with Crippen molar-refractivity contribution in [3.63, 3.8) is 0 Å². The van der Waals surface area contributed by atoms with E-state index in [1.54, 1.807) is 0 Å². The van der Waals surface area contributed by atoms with Crippen molar-refractivity contribution in [1.82, 2.24) is 9.97 Å². The lowest BCUT2D eigenvalue weighted by atomic mass is 10.1. The molecule has 0 aliphatic rings. The van der Waals surface area contributed by atoms with Gasteiger partial charge in [-0.15, -0.1) is 0 Å². The van der Waals surface area contributed by atoms with E-state index in [0.29, 0.717) is 6.54 Å². The maximum Gasteiger partial charge on any atom is 0.142 e. The SMILES string of the molecule is CCCCCc1cnc(CN)nc1C.O. The number of rotatable bonds is 5. The van der Waals surface area contributed by atoms with Gasteiger partial charge in [0.1, 0.15) is 5.82 Å². The topological polar surface area (TPSA) is 83.3 Å². The van der Waals surface area contributed by atoms with Crippen molar-refractivity contribution in [2.24, 2.45) is 5.73 Å². The molecular formula is C11H21N3O. The lowest BCUT2D eigenvalue weighted by molar-refractivity contribution is 0.707. The van der Waals surface area contributed by atoms with Gasteiger partial charge in [0.2, 0.25) is 0 Å². The van der Waals surface area contributed by atoms with Crippen molar-refractivity contribution in [2.75, 3.05) is 0 Å². The van der Waals surface area contributed by atoms with Gasteiger partial charge in [0, 0.05) is 11.9 Å². The van der Waals surface area contributed by atoms with Crippen LogP contribution in [0.2, 0.25) is 0 Å². The first-order valence-electron chi connectivity index (χ1n) is 5.29. The number of hydrogen-bond donors (Lipinski definition) is 1. The molecule has 0 spiro atoms. The minimum absolute atomic E-state index is 0. The first kappa shape index (κ1) is 14.0. The summed E-state index contributed by atoms with van der Waals surface area (Å²) in [5, 5.41) is 0. The van der Waals surface area contributed by atoms with Gasteiger partial charge < -0.3 is 11.2 Å². The third-order valence-electron chi connectivity index (χ3n) is 2.36. The van der Waals surface area contributed by atoms with Crippen LogP contribution in [-0.4, -0.2) is 15.4 Å². The zero-order valence-corrected chi connectivity index (χ0v) is 9.58. The lowest BCUT2D eigenvalue weighted by Gasteiger charge is -2.05. The summed E-state index contributed by atoms with van der Waals surface area (Å²) in [6.07, 6.45) is 6.76. The van der Waals surface area contributed by atoms with Crippen molar-refractivity contribution >= 4 is 0 Å². The van der Waals surface area contributed by atoms with Crippen LogP contribution in [0.25, 0.3) is 0 Å². The highest BCUT2D eigenvalue weighted by atomic mass is 16.0. The summed E-state index contributed by atoms with van der Waals surface area (Å²) >= 11 is 0. The van der Waals surface area contributed by atoms with Gasteiger partial charge in [-0.05, 0) is 25.3 Å². The minimum atomic E-state index is 0. The minimum Gasteiger partial charge on any atom is -0.412 e. The number of unbranched alkanes of at least 4 members (excludes halogenated alkanes) is 2. The van der Waals surface area contributed by atoms with E-state index in [1.807, 2.05) is 13.1 Å². The molecule has 0 saturated carbocycles. The summed E-state index contributed by atoms with van der Waals surface area (Å²) in [6, 6.07) is 0. The zero-order valence-electron chi connectivity index (χ0n) is 9.58. The van der Waals surface area contributed by atoms with E-state index in [9.17, 15) is 0 Å². The average molecular weight is 211 g/mol. The van der Waals surface area contributed by atoms with Crippen molar-refractivity contribution in [2.45, 2.75) is 46.1 Å². The Labute approximate surface area is 91.2 Å². The number of nitrogens with zero attached hydrogens (tertiary/aromatic N) is 2. The highest BCUT2D eigenvalue weighted by Crippen LogP contribution is 2.09. The highest BCUT2D eigenvalue weighted by Gasteiger charge is 2.01. The number of hydrogen-bond acceptors (Lipinski definition) is 3. The fourth-order valence-electron chi connectivity index (χ4n) is 1.45. The Morgan fingerprint density at radius 2 is 2.07 bits per heavy atom. The van der Waals surface area contributed by atoms with E-state index in [4.69, 9.17) is 5.73 Å². The predicted octanol–water partition coefficient (Wildman–Crippen LogP) is 1.15. The summed E-state index contributed by atoms with van der Waals surface area (Å²) in [7, 11) is 0. The molecule has 0 amide bonds. The summed E-state index contributed by atoms with van der Waals surface area (Å²) < 4.78 is 0. The molecule has 1 heterocycles. The van der Waals surface area contributed by atoms with Crippen LogP contribution in [0.5, 0.6) is 0 Å². The molecule has 0 unspecified atom stereocenters. The third kappa shape index (κ3) is 4.36. The predicted molar refractivity (Wildman–Crippen MR) is 61.5 cm³/mol. The molecule has 0 atom stereocenters. The highest BCUT2D eigenvalue weighted by molar-refractivity contribution is 5.16. The van der Waals surface area contributed by atoms with Gasteiger partial charge in [-0.2, -0.15) is 0 Å². The monoisotopic (exact) mass is 211 g/mol. The van der Waals surface area contributed by atoms with Crippen LogP contribution in [0, 0.1) is 6.92 Å². The molecule has 4 N–H and O–H groups in total. The maximum atomic E-state index is 5.47. The van der Waals surface area contributed by atoms with E-state index < -0.39 is 0 Å². The Hall–Kier alpha value is -1.00. The molecule has 4 nitrogen and oxygen atoms in total. The normalized spacial score (nSPS) is 9.80. The Kier molecular flexibility index (Phi) is 6.83. The molecule has 1 aromatic heterocycles. The molecule has 0 fully saturated rings.